The molecule has 1 amide bonds. The predicted octanol–water partition coefficient (Wildman–Crippen LogP) is 1.94. The van der Waals surface area contributed by atoms with E-state index in [1.807, 2.05) is 12.1 Å². The number of benzene rings is 1. The van der Waals surface area contributed by atoms with Crippen LogP contribution in [0.15, 0.2) is 34.9 Å². The molecule has 1 aliphatic heterocycles. The zero-order valence-electron chi connectivity index (χ0n) is 10.7. The molecule has 0 unspecified atom stereocenters. The first kappa shape index (κ1) is 13.1. The van der Waals surface area contributed by atoms with Crippen LogP contribution >= 0.6 is 11.6 Å². The average molecular weight is 292 g/mol. The van der Waals surface area contributed by atoms with Gasteiger partial charge >= 0.3 is 0 Å². The maximum absolute atomic E-state index is 11.9. The minimum Gasteiger partial charge on any atom is -0.355 e. The van der Waals surface area contributed by atoms with Gasteiger partial charge in [-0.05, 0) is 12.1 Å². The van der Waals surface area contributed by atoms with Gasteiger partial charge in [-0.3, -0.25) is 4.79 Å². The third kappa shape index (κ3) is 2.84. The maximum atomic E-state index is 11.9. The number of amides is 1. The van der Waals surface area contributed by atoms with Crippen LogP contribution in [0.2, 0.25) is 5.02 Å². The fourth-order valence-electron chi connectivity index (χ4n) is 1.98. The minimum atomic E-state index is -0.214. The average Bonchev–Trinajstić information content (AvgIpc) is 2.86. The summed E-state index contributed by atoms with van der Waals surface area (Å²) in [5.74, 6) is 0.829. The predicted molar refractivity (Wildman–Crippen MR) is 75.6 cm³/mol. The molecule has 1 fully saturated rings. The Kier molecular flexibility index (Phi) is 3.71. The number of halogens is 1. The molecule has 2 N–H and O–H groups in total. The van der Waals surface area contributed by atoms with Gasteiger partial charge in [-0.15, -0.1) is 0 Å². The largest absolute Gasteiger partial charge is 0.355 e. The SMILES string of the molecule is O=C(NCC1CNC1)c1cc(-c2cccc(Cl)c2)on1. The van der Waals surface area contributed by atoms with Crippen LogP contribution in [-0.4, -0.2) is 30.7 Å². The molecule has 0 spiro atoms. The summed E-state index contributed by atoms with van der Waals surface area (Å²) in [7, 11) is 0. The van der Waals surface area contributed by atoms with Gasteiger partial charge in [-0.1, -0.05) is 28.9 Å². The lowest BCUT2D eigenvalue weighted by Crippen LogP contribution is -2.48. The van der Waals surface area contributed by atoms with E-state index < -0.39 is 0 Å². The van der Waals surface area contributed by atoms with Crippen molar-refractivity contribution in [1.82, 2.24) is 15.8 Å². The van der Waals surface area contributed by atoms with E-state index in [0.29, 0.717) is 23.2 Å². The summed E-state index contributed by atoms with van der Waals surface area (Å²) in [5.41, 5.74) is 1.08. The molecule has 5 nitrogen and oxygen atoms in total. The monoisotopic (exact) mass is 291 g/mol. The molecule has 0 atom stereocenters. The normalized spacial score (nSPS) is 14.8. The zero-order valence-corrected chi connectivity index (χ0v) is 11.5. The van der Waals surface area contributed by atoms with Gasteiger partial charge in [-0.25, -0.2) is 0 Å². The molecule has 0 saturated carbocycles. The standard InChI is InChI=1S/C14H14ClN3O2/c15-11-3-1-2-10(4-11)13-5-12(18-20-13)14(19)17-8-9-6-16-7-9/h1-5,9,16H,6-8H2,(H,17,19). The molecular formula is C14H14ClN3O2. The lowest BCUT2D eigenvalue weighted by Gasteiger charge is -2.26. The molecule has 0 radical (unpaired) electrons. The molecular weight excluding hydrogens is 278 g/mol. The molecule has 6 heteroatoms. The number of rotatable bonds is 4. The lowest BCUT2D eigenvalue weighted by atomic mass is 10.0. The second-order valence-electron chi connectivity index (χ2n) is 4.82. The second kappa shape index (κ2) is 5.64. The van der Waals surface area contributed by atoms with E-state index in [4.69, 9.17) is 16.1 Å². The molecule has 1 saturated heterocycles. The highest BCUT2D eigenvalue weighted by atomic mass is 35.5. The zero-order chi connectivity index (χ0) is 13.9. The maximum Gasteiger partial charge on any atom is 0.273 e. The molecule has 3 rings (SSSR count). The van der Waals surface area contributed by atoms with Crippen molar-refractivity contribution >= 4 is 17.5 Å². The van der Waals surface area contributed by atoms with E-state index in [9.17, 15) is 4.79 Å². The Morgan fingerprint density at radius 2 is 2.30 bits per heavy atom. The van der Waals surface area contributed by atoms with Gasteiger partial charge in [-0.2, -0.15) is 0 Å². The summed E-state index contributed by atoms with van der Waals surface area (Å²) < 4.78 is 5.19. The van der Waals surface area contributed by atoms with Gasteiger partial charge in [0.15, 0.2) is 11.5 Å². The molecule has 0 aliphatic carbocycles. The molecule has 2 aromatic rings. The fraction of sp³-hybridized carbons (Fsp3) is 0.286. The number of nitrogens with one attached hydrogen (secondary N) is 2. The molecule has 0 bridgehead atoms. The van der Waals surface area contributed by atoms with Crippen LogP contribution < -0.4 is 10.6 Å². The van der Waals surface area contributed by atoms with Crippen molar-refractivity contribution in [3.63, 3.8) is 0 Å². The van der Waals surface area contributed by atoms with Crippen LogP contribution in [0.1, 0.15) is 10.5 Å². The van der Waals surface area contributed by atoms with Crippen LogP contribution in [0.25, 0.3) is 11.3 Å². The van der Waals surface area contributed by atoms with Crippen LogP contribution in [0.3, 0.4) is 0 Å². The van der Waals surface area contributed by atoms with Gasteiger partial charge < -0.3 is 15.2 Å². The van der Waals surface area contributed by atoms with Gasteiger partial charge in [0.2, 0.25) is 0 Å². The summed E-state index contributed by atoms with van der Waals surface area (Å²) in [6.45, 7) is 2.56. The molecule has 1 aliphatic rings. The Labute approximate surface area is 121 Å². The summed E-state index contributed by atoms with van der Waals surface area (Å²) in [6.07, 6.45) is 0. The van der Waals surface area contributed by atoms with Crippen LogP contribution in [0.4, 0.5) is 0 Å². The van der Waals surface area contributed by atoms with E-state index in [-0.39, 0.29) is 11.6 Å². The third-order valence-electron chi connectivity index (χ3n) is 3.27. The summed E-state index contributed by atoms with van der Waals surface area (Å²) in [4.78, 5) is 11.9. The van der Waals surface area contributed by atoms with Crippen molar-refractivity contribution in [2.24, 2.45) is 5.92 Å². The molecule has 1 aromatic heterocycles. The topological polar surface area (TPSA) is 67.2 Å². The van der Waals surface area contributed by atoms with Gasteiger partial charge in [0, 0.05) is 42.2 Å². The molecule has 104 valence electrons. The van der Waals surface area contributed by atoms with Gasteiger partial charge in [0.1, 0.15) is 0 Å². The summed E-state index contributed by atoms with van der Waals surface area (Å²) in [6, 6.07) is 8.85. The van der Waals surface area contributed by atoms with E-state index in [1.165, 1.54) is 0 Å². The molecule has 2 heterocycles. The van der Waals surface area contributed by atoms with E-state index in [1.54, 1.807) is 18.2 Å². The Morgan fingerprint density at radius 1 is 1.45 bits per heavy atom. The van der Waals surface area contributed by atoms with E-state index in [2.05, 4.69) is 15.8 Å². The number of hydrogen-bond donors (Lipinski definition) is 2. The molecule has 1 aromatic carbocycles. The second-order valence-corrected chi connectivity index (χ2v) is 5.26. The highest BCUT2D eigenvalue weighted by Crippen LogP contribution is 2.23. The van der Waals surface area contributed by atoms with Crippen molar-refractivity contribution in [3.05, 3.63) is 41.0 Å². The minimum absolute atomic E-state index is 0.214. The Morgan fingerprint density at radius 3 is 3.00 bits per heavy atom. The fourth-order valence-corrected chi connectivity index (χ4v) is 2.17. The van der Waals surface area contributed by atoms with Crippen LogP contribution in [-0.2, 0) is 0 Å². The number of carbonyl (C=O) groups is 1. The van der Waals surface area contributed by atoms with E-state index >= 15 is 0 Å². The summed E-state index contributed by atoms with van der Waals surface area (Å²) in [5, 5.41) is 10.4. The first-order valence-electron chi connectivity index (χ1n) is 6.44. The van der Waals surface area contributed by atoms with Crippen molar-refractivity contribution in [1.29, 1.82) is 0 Å². The van der Waals surface area contributed by atoms with Crippen molar-refractivity contribution in [3.8, 4) is 11.3 Å². The number of aromatic nitrogens is 1. The Hall–Kier alpha value is -1.85. The Bertz CT molecular complexity index is 622. The highest BCUT2D eigenvalue weighted by Gasteiger charge is 2.19. The summed E-state index contributed by atoms with van der Waals surface area (Å²) >= 11 is 5.92. The first-order chi connectivity index (χ1) is 9.72. The first-order valence-corrected chi connectivity index (χ1v) is 6.82. The van der Waals surface area contributed by atoms with E-state index in [0.717, 1.165) is 18.7 Å². The van der Waals surface area contributed by atoms with Crippen molar-refractivity contribution in [2.45, 2.75) is 0 Å². The van der Waals surface area contributed by atoms with Crippen molar-refractivity contribution < 1.29 is 9.32 Å². The Balaban J connectivity index is 1.67. The van der Waals surface area contributed by atoms with Gasteiger partial charge in [0.05, 0.1) is 0 Å². The third-order valence-corrected chi connectivity index (χ3v) is 3.50. The lowest BCUT2D eigenvalue weighted by molar-refractivity contribution is 0.0933. The highest BCUT2D eigenvalue weighted by molar-refractivity contribution is 6.30. The van der Waals surface area contributed by atoms with Crippen LogP contribution in [0, 0.1) is 5.92 Å². The van der Waals surface area contributed by atoms with Crippen LogP contribution in [0.5, 0.6) is 0 Å². The quantitative estimate of drug-likeness (QED) is 0.903. The number of hydrogen-bond acceptors (Lipinski definition) is 4. The van der Waals surface area contributed by atoms with Crippen molar-refractivity contribution in [2.75, 3.05) is 19.6 Å². The smallest absolute Gasteiger partial charge is 0.273 e. The molecule has 20 heavy (non-hydrogen) atoms. The number of carbonyl (C=O) groups excluding carboxylic acids is 1. The van der Waals surface area contributed by atoms with Gasteiger partial charge in [0.25, 0.3) is 5.91 Å². The number of nitrogens with zero attached hydrogens (tertiary/aromatic N) is 1.